The normalized spacial score (nSPS) is 19.7. The average Bonchev–Trinajstić information content (AvgIpc) is 3.77. The lowest BCUT2D eigenvalue weighted by molar-refractivity contribution is -0.0419. The number of benzene rings is 11. The van der Waals surface area contributed by atoms with Gasteiger partial charge in [-0.25, -0.2) is 0 Å². The zero-order valence-electron chi connectivity index (χ0n) is 44.8. The Labute approximate surface area is 470 Å². The molecule has 0 radical (unpaired) electrons. The molecular formula is C77H60N2Si. The lowest BCUT2D eigenvalue weighted by atomic mass is 9.41. The topological polar surface area (TPSA) is 8.17 Å². The van der Waals surface area contributed by atoms with Crippen molar-refractivity contribution in [3.8, 4) is 16.8 Å². The summed E-state index contributed by atoms with van der Waals surface area (Å²) in [6.45, 7) is 0. The first-order valence-corrected chi connectivity index (χ1v) is 31.3. The first-order valence-electron chi connectivity index (χ1n) is 29.3. The van der Waals surface area contributed by atoms with Crippen LogP contribution in [0.4, 0.5) is 17.1 Å². The quantitative estimate of drug-likeness (QED) is 0.109. The summed E-state index contributed by atoms with van der Waals surface area (Å²) < 4.78 is 2.54. The van der Waals surface area contributed by atoms with Gasteiger partial charge in [0.05, 0.1) is 27.8 Å². The van der Waals surface area contributed by atoms with Gasteiger partial charge < -0.3 is 9.47 Å². The maximum atomic E-state index is 2.64. The van der Waals surface area contributed by atoms with E-state index in [1.807, 2.05) is 0 Å². The fraction of sp³-hybridized carbons (Fsp3) is 0.143. The molecular weight excluding hydrogens is 981 g/mol. The van der Waals surface area contributed by atoms with Crippen molar-refractivity contribution in [1.82, 2.24) is 4.57 Å². The molecule has 18 rings (SSSR count). The number of hydrogen-bond donors (Lipinski definition) is 0. The van der Waals surface area contributed by atoms with Crippen LogP contribution in [0.1, 0.15) is 65.5 Å². The first kappa shape index (κ1) is 46.2. The molecule has 2 nitrogen and oxygen atoms in total. The lowest BCUT2D eigenvalue weighted by Crippen LogP contribution is -2.74. The van der Waals surface area contributed by atoms with Crippen molar-refractivity contribution in [2.75, 3.05) is 4.90 Å². The van der Waals surface area contributed by atoms with Gasteiger partial charge in [0.15, 0.2) is 8.07 Å². The fourth-order valence-corrected chi connectivity index (χ4v) is 22.5. The van der Waals surface area contributed by atoms with Crippen molar-refractivity contribution in [2.24, 2.45) is 23.7 Å². The molecule has 0 saturated heterocycles. The summed E-state index contributed by atoms with van der Waals surface area (Å²) in [6.07, 6.45) is 6.89. The van der Waals surface area contributed by atoms with Gasteiger partial charge in [0, 0.05) is 27.6 Å². The molecule has 12 aromatic rings. The smallest absolute Gasteiger partial charge is 0.179 e. The third-order valence-corrected chi connectivity index (χ3v) is 25.1. The molecule has 5 aliphatic carbocycles. The number of rotatable bonds is 8. The van der Waals surface area contributed by atoms with Crippen LogP contribution in [-0.2, 0) is 10.8 Å². The Hall–Kier alpha value is -8.76. The van der Waals surface area contributed by atoms with Gasteiger partial charge in [-0.2, -0.15) is 0 Å². The molecule has 80 heavy (non-hydrogen) atoms. The molecule has 382 valence electrons. The van der Waals surface area contributed by atoms with Gasteiger partial charge >= 0.3 is 0 Å². The number of anilines is 3. The Kier molecular flexibility index (Phi) is 10.2. The minimum atomic E-state index is -2.81. The Balaban J connectivity index is 0.895. The predicted octanol–water partition coefficient (Wildman–Crippen LogP) is 16.0. The molecule has 1 aliphatic heterocycles. The molecule has 4 saturated carbocycles. The summed E-state index contributed by atoms with van der Waals surface area (Å²) in [6, 6.07) is 107. The fourth-order valence-electron chi connectivity index (χ4n) is 17.7. The van der Waals surface area contributed by atoms with Gasteiger partial charge in [0.25, 0.3) is 0 Å². The summed E-state index contributed by atoms with van der Waals surface area (Å²) in [5.74, 6) is 3.13. The van der Waals surface area contributed by atoms with Gasteiger partial charge in [0.2, 0.25) is 0 Å². The van der Waals surface area contributed by atoms with Crippen molar-refractivity contribution in [2.45, 2.75) is 42.9 Å². The minimum absolute atomic E-state index is 0.0442. The van der Waals surface area contributed by atoms with Crippen molar-refractivity contribution in [1.29, 1.82) is 0 Å². The molecule has 1 spiro atoms. The zero-order chi connectivity index (χ0) is 52.6. The highest BCUT2D eigenvalue weighted by Crippen LogP contribution is 2.70. The summed E-state index contributed by atoms with van der Waals surface area (Å²) in [5.41, 5.74) is 17.8. The van der Waals surface area contributed by atoms with Crippen LogP contribution < -0.4 is 25.6 Å². The van der Waals surface area contributed by atoms with Crippen LogP contribution in [0.2, 0.25) is 0 Å². The molecule has 0 unspecified atom stereocenters. The summed E-state index contributed by atoms with van der Waals surface area (Å²) in [4.78, 5) is 2.64. The molecule has 4 bridgehead atoms. The van der Waals surface area contributed by atoms with Crippen molar-refractivity contribution >= 4 is 67.7 Å². The minimum Gasteiger partial charge on any atom is -0.310 e. The van der Waals surface area contributed by atoms with E-state index in [9.17, 15) is 0 Å². The second-order valence-electron chi connectivity index (χ2n) is 23.9. The highest BCUT2D eigenvalue weighted by atomic mass is 28.3. The monoisotopic (exact) mass is 1040 g/mol. The van der Waals surface area contributed by atoms with E-state index in [1.165, 1.54) is 125 Å². The molecule has 11 aromatic carbocycles. The van der Waals surface area contributed by atoms with Gasteiger partial charge in [-0.3, -0.25) is 0 Å². The van der Waals surface area contributed by atoms with Crippen LogP contribution in [0, 0.1) is 23.7 Å². The van der Waals surface area contributed by atoms with E-state index in [0.29, 0.717) is 11.8 Å². The zero-order valence-corrected chi connectivity index (χ0v) is 45.8. The van der Waals surface area contributed by atoms with Crippen LogP contribution >= 0.6 is 0 Å². The van der Waals surface area contributed by atoms with E-state index < -0.39 is 13.5 Å². The van der Waals surface area contributed by atoms with Gasteiger partial charge in [-0.1, -0.05) is 231 Å². The summed E-state index contributed by atoms with van der Waals surface area (Å²) >= 11 is 0. The summed E-state index contributed by atoms with van der Waals surface area (Å²) in [7, 11) is -2.81. The van der Waals surface area contributed by atoms with Crippen molar-refractivity contribution in [3.63, 3.8) is 0 Å². The average molecular weight is 1040 g/mol. The SMILES string of the molecule is c1ccc(C2(c3ccccc3)c3ccc(N4c5ccccc5C5(c6ccccc64)C4C[C@H]6C[C@@H](C4)C[C@@H]5C6)cc3-c3cc(-n4c5ccccc5c5cc([Si](c6ccccc6)(c6ccccc6)c6ccccc6)ccc54)ccc32)cc1. The number of aromatic nitrogens is 1. The lowest BCUT2D eigenvalue weighted by Gasteiger charge is -2.64. The molecule has 0 N–H and O–H groups in total. The molecule has 6 aliphatic rings. The van der Waals surface area contributed by atoms with E-state index in [1.54, 1.807) is 11.1 Å². The van der Waals surface area contributed by atoms with Gasteiger partial charge in [-0.15, -0.1) is 0 Å². The van der Waals surface area contributed by atoms with E-state index in [2.05, 4.69) is 289 Å². The second kappa shape index (κ2) is 17.6. The number of fused-ring (bicyclic) bond motifs is 8. The van der Waals surface area contributed by atoms with Crippen LogP contribution in [-0.4, -0.2) is 12.6 Å². The molecule has 0 amide bonds. The van der Waals surface area contributed by atoms with Crippen LogP contribution in [0.3, 0.4) is 0 Å². The third kappa shape index (κ3) is 6.24. The highest BCUT2D eigenvalue weighted by Gasteiger charge is 2.61. The molecule has 0 atom stereocenters. The van der Waals surface area contributed by atoms with Gasteiger partial charge in [0.1, 0.15) is 0 Å². The molecule has 3 heteroatoms. The Morgan fingerprint density at radius 1 is 0.325 bits per heavy atom. The third-order valence-electron chi connectivity index (χ3n) is 20.4. The number of hydrogen-bond acceptors (Lipinski definition) is 1. The van der Waals surface area contributed by atoms with E-state index in [-0.39, 0.29) is 5.41 Å². The molecule has 2 heterocycles. The Morgan fingerprint density at radius 2 is 0.762 bits per heavy atom. The Morgan fingerprint density at radius 3 is 1.30 bits per heavy atom. The predicted molar refractivity (Wildman–Crippen MR) is 334 cm³/mol. The molecule has 1 aromatic heterocycles. The van der Waals surface area contributed by atoms with E-state index >= 15 is 0 Å². The number of para-hydroxylation sites is 3. The second-order valence-corrected chi connectivity index (χ2v) is 27.7. The maximum absolute atomic E-state index is 2.81. The highest BCUT2D eigenvalue weighted by molar-refractivity contribution is 7.20. The van der Waals surface area contributed by atoms with E-state index in [4.69, 9.17) is 0 Å². The van der Waals surface area contributed by atoms with Crippen LogP contribution in [0.15, 0.2) is 279 Å². The van der Waals surface area contributed by atoms with Crippen LogP contribution in [0.5, 0.6) is 0 Å². The summed E-state index contributed by atoms with van der Waals surface area (Å²) in [5, 5.41) is 8.02. The van der Waals surface area contributed by atoms with Crippen LogP contribution in [0.25, 0.3) is 38.6 Å². The first-order chi connectivity index (χ1) is 39.6. The standard InChI is InChI=1S/C77H60N2Si/c1-6-22-54(23-7-1)76(55-24-8-2-9-25-55)68-41-38-58(78-72-35-19-16-32-64(72)67-51-63(40-43-73(67)78)80(60-26-10-3-11-27-60,61-28-12-4-13-29-61)62-30-14-5-15-31-62)49-65(68)66-50-59(39-42-69(66)76)79-74-36-20-17-33-70(74)77(71-34-18-21-37-75(71)79)56-45-52-44-53(47-56)48-57(77)46-52/h1-43,49-53,56-57H,44-48H2/t52-,53+,56-,57?. The Bertz CT molecular complexity index is 4160. The van der Waals surface area contributed by atoms with E-state index in [0.717, 1.165) is 17.5 Å². The largest absolute Gasteiger partial charge is 0.310 e. The number of nitrogens with zero attached hydrogens (tertiary/aromatic N) is 2. The van der Waals surface area contributed by atoms with Crippen molar-refractivity contribution < 1.29 is 0 Å². The molecule has 4 fully saturated rings. The van der Waals surface area contributed by atoms with Crippen molar-refractivity contribution in [3.05, 3.63) is 312 Å². The maximum Gasteiger partial charge on any atom is 0.179 e. The van der Waals surface area contributed by atoms with Gasteiger partial charge in [-0.05, 0) is 170 Å².